The zero-order valence-corrected chi connectivity index (χ0v) is 9.77. The van der Waals surface area contributed by atoms with E-state index in [1.54, 1.807) is 36.1 Å². The van der Waals surface area contributed by atoms with Gasteiger partial charge in [0.05, 0.1) is 5.69 Å². The number of nitrogens with zero attached hydrogens (tertiary/aromatic N) is 2. The van der Waals surface area contributed by atoms with Gasteiger partial charge in [0.2, 0.25) is 0 Å². The Kier molecular flexibility index (Phi) is 2.82. The highest BCUT2D eigenvalue weighted by atomic mass is 16.2. The number of nitrogens with one attached hydrogen (secondary N) is 1. The maximum absolute atomic E-state index is 11.9. The van der Waals surface area contributed by atoms with Gasteiger partial charge < -0.3 is 15.6 Å². The molecule has 5 nitrogen and oxygen atoms in total. The lowest BCUT2D eigenvalue weighted by atomic mass is 10.3. The summed E-state index contributed by atoms with van der Waals surface area (Å²) >= 11 is 0. The predicted molar refractivity (Wildman–Crippen MR) is 66.8 cm³/mol. The van der Waals surface area contributed by atoms with Gasteiger partial charge in [0, 0.05) is 19.4 Å². The van der Waals surface area contributed by atoms with Gasteiger partial charge in [-0.05, 0) is 24.6 Å². The van der Waals surface area contributed by atoms with E-state index in [9.17, 15) is 4.79 Å². The highest BCUT2D eigenvalue weighted by molar-refractivity contribution is 6.03. The van der Waals surface area contributed by atoms with Crippen LogP contribution in [0.4, 0.5) is 11.5 Å². The summed E-state index contributed by atoms with van der Waals surface area (Å²) in [6.45, 7) is 1.94. The monoisotopic (exact) mass is 230 g/mol. The zero-order valence-electron chi connectivity index (χ0n) is 9.77. The standard InChI is InChI=1S/C12H14N4O/c1-8-3-4-11(14-6-8)15-12(17)10-5-9(13)7-16(10)2/h3-7H,13H2,1-2H3,(H,14,15,17). The molecule has 0 aliphatic carbocycles. The maximum atomic E-state index is 11.9. The second kappa shape index (κ2) is 4.29. The zero-order chi connectivity index (χ0) is 12.4. The molecule has 88 valence electrons. The van der Waals surface area contributed by atoms with Gasteiger partial charge in [0.1, 0.15) is 11.5 Å². The first kappa shape index (κ1) is 11.2. The fourth-order valence-electron chi connectivity index (χ4n) is 1.54. The molecule has 5 heteroatoms. The second-order valence-corrected chi connectivity index (χ2v) is 3.94. The molecule has 1 amide bonds. The van der Waals surface area contributed by atoms with Gasteiger partial charge in [-0.25, -0.2) is 4.98 Å². The van der Waals surface area contributed by atoms with Crippen molar-refractivity contribution < 1.29 is 4.79 Å². The highest BCUT2D eigenvalue weighted by Crippen LogP contribution is 2.11. The van der Waals surface area contributed by atoms with Crippen molar-refractivity contribution in [1.29, 1.82) is 0 Å². The van der Waals surface area contributed by atoms with Gasteiger partial charge in [-0.2, -0.15) is 0 Å². The first-order chi connectivity index (χ1) is 8.06. The summed E-state index contributed by atoms with van der Waals surface area (Å²) in [7, 11) is 1.77. The van der Waals surface area contributed by atoms with Gasteiger partial charge in [-0.3, -0.25) is 4.79 Å². The Balaban J connectivity index is 2.17. The quantitative estimate of drug-likeness (QED) is 0.822. The van der Waals surface area contributed by atoms with Crippen LogP contribution in [-0.2, 0) is 7.05 Å². The van der Waals surface area contributed by atoms with Crippen LogP contribution in [0, 0.1) is 6.92 Å². The van der Waals surface area contributed by atoms with Crippen LogP contribution in [-0.4, -0.2) is 15.5 Å². The Morgan fingerprint density at radius 3 is 2.76 bits per heavy atom. The fourth-order valence-corrected chi connectivity index (χ4v) is 1.54. The van der Waals surface area contributed by atoms with E-state index in [1.807, 2.05) is 13.0 Å². The normalized spacial score (nSPS) is 10.2. The van der Waals surface area contributed by atoms with Crippen molar-refractivity contribution in [3.05, 3.63) is 41.9 Å². The largest absolute Gasteiger partial charge is 0.397 e. The Bertz CT molecular complexity index is 542. The number of hydrogen-bond acceptors (Lipinski definition) is 3. The van der Waals surface area contributed by atoms with Crippen LogP contribution in [0.1, 0.15) is 16.1 Å². The topological polar surface area (TPSA) is 72.9 Å². The van der Waals surface area contributed by atoms with Gasteiger partial charge in [-0.1, -0.05) is 6.07 Å². The average Bonchev–Trinajstić information content (AvgIpc) is 2.61. The van der Waals surface area contributed by atoms with Crippen LogP contribution in [0.3, 0.4) is 0 Å². The van der Waals surface area contributed by atoms with Crippen LogP contribution < -0.4 is 11.1 Å². The van der Waals surface area contributed by atoms with Crippen LogP contribution in [0.25, 0.3) is 0 Å². The van der Waals surface area contributed by atoms with Crippen molar-refractivity contribution in [3.8, 4) is 0 Å². The first-order valence-corrected chi connectivity index (χ1v) is 5.22. The Labute approximate surface area is 99.3 Å². The van der Waals surface area contributed by atoms with E-state index in [2.05, 4.69) is 10.3 Å². The molecule has 2 rings (SSSR count). The first-order valence-electron chi connectivity index (χ1n) is 5.22. The molecule has 0 aliphatic heterocycles. The molecular formula is C12H14N4O. The summed E-state index contributed by atoms with van der Waals surface area (Å²) in [5.41, 5.74) is 7.73. The third-order valence-corrected chi connectivity index (χ3v) is 2.41. The number of carbonyl (C=O) groups excluding carboxylic acids is 1. The van der Waals surface area contributed by atoms with E-state index in [0.29, 0.717) is 17.2 Å². The molecule has 0 bridgehead atoms. The Hall–Kier alpha value is -2.30. The van der Waals surface area contributed by atoms with Crippen molar-refractivity contribution >= 4 is 17.4 Å². The van der Waals surface area contributed by atoms with E-state index in [-0.39, 0.29) is 5.91 Å². The summed E-state index contributed by atoms with van der Waals surface area (Å²) in [6.07, 6.45) is 3.40. The smallest absolute Gasteiger partial charge is 0.273 e. The molecular weight excluding hydrogens is 216 g/mol. The number of aromatic nitrogens is 2. The minimum absolute atomic E-state index is 0.222. The third-order valence-electron chi connectivity index (χ3n) is 2.41. The van der Waals surface area contributed by atoms with Crippen LogP contribution in [0.5, 0.6) is 0 Å². The summed E-state index contributed by atoms with van der Waals surface area (Å²) in [5.74, 6) is 0.306. The minimum atomic E-state index is -0.222. The van der Waals surface area contributed by atoms with Crippen LogP contribution in [0.15, 0.2) is 30.6 Å². The number of rotatable bonds is 2. The SMILES string of the molecule is Cc1ccc(NC(=O)c2cc(N)cn2C)nc1. The van der Waals surface area contributed by atoms with E-state index >= 15 is 0 Å². The lowest BCUT2D eigenvalue weighted by molar-refractivity contribution is 0.101. The van der Waals surface area contributed by atoms with Crippen LogP contribution >= 0.6 is 0 Å². The molecule has 0 fully saturated rings. The van der Waals surface area contributed by atoms with Gasteiger partial charge in [0.15, 0.2) is 0 Å². The Morgan fingerprint density at radius 1 is 1.47 bits per heavy atom. The molecule has 0 unspecified atom stereocenters. The second-order valence-electron chi connectivity index (χ2n) is 3.94. The van der Waals surface area contributed by atoms with Crippen LogP contribution in [0.2, 0.25) is 0 Å². The number of carbonyl (C=O) groups is 1. The number of hydrogen-bond donors (Lipinski definition) is 2. The molecule has 2 aromatic heterocycles. The van der Waals surface area contributed by atoms with Gasteiger partial charge in [0.25, 0.3) is 5.91 Å². The molecule has 0 aliphatic rings. The van der Waals surface area contributed by atoms with Crippen molar-refractivity contribution in [1.82, 2.24) is 9.55 Å². The predicted octanol–water partition coefficient (Wildman–Crippen LogP) is 1.56. The molecule has 2 aromatic rings. The molecule has 0 spiro atoms. The van der Waals surface area contributed by atoms with Gasteiger partial charge >= 0.3 is 0 Å². The lowest BCUT2D eigenvalue weighted by Gasteiger charge is -2.05. The Morgan fingerprint density at radius 2 is 2.24 bits per heavy atom. The van der Waals surface area contributed by atoms with E-state index in [4.69, 9.17) is 5.73 Å². The average molecular weight is 230 g/mol. The van der Waals surface area contributed by atoms with Crippen molar-refractivity contribution in [2.45, 2.75) is 6.92 Å². The minimum Gasteiger partial charge on any atom is -0.397 e. The molecule has 0 atom stereocenters. The molecule has 0 radical (unpaired) electrons. The fraction of sp³-hybridized carbons (Fsp3) is 0.167. The summed E-state index contributed by atoms with van der Waals surface area (Å²) in [5, 5.41) is 2.71. The highest BCUT2D eigenvalue weighted by Gasteiger charge is 2.11. The van der Waals surface area contributed by atoms with Crippen molar-refractivity contribution in [2.24, 2.45) is 7.05 Å². The maximum Gasteiger partial charge on any atom is 0.273 e. The summed E-state index contributed by atoms with van der Waals surface area (Å²) < 4.78 is 1.68. The molecule has 2 heterocycles. The van der Waals surface area contributed by atoms with Crippen molar-refractivity contribution in [2.75, 3.05) is 11.1 Å². The number of nitrogens with two attached hydrogens (primary N) is 1. The molecule has 0 saturated heterocycles. The summed E-state index contributed by atoms with van der Waals surface area (Å²) in [4.78, 5) is 16.0. The molecule has 17 heavy (non-hydrogen) atoms. The van der Waals surface area contributed by atoms with Crippen molar-refractivity contribution in [3.63, 3.8) is 0 Å². The van der Waals surface area contributed by atoms with E-state index < -0.39 is 0 Å². The third kappa shape index (κ3) is 2.44. The summed E-state index contributed by atoms with van der Waals surface area (Å²) in [6, 6.07) is 5.28. The number of amides is 1. The van der Waals surface area contributed by atoms with E-state index in [0.717, 1.165) is 5.56 Å². The number of nitrogen functional groups attached to an aromatic ring is 1. The van der Waals surface area contributed by atoms with Gasteiger partial charge in [-0.15, -0.1) is 0 Å². The number of aryl methyl sites for hydroxylation is 2. The number of anilines is 2. The number of pyridine rings is 1. The lowest BCUT2D eigenvalue weighted by Crippen LogP contribution is -2.16. The molecule has 0 aromatic carbocycles. The van der Waals surface area contributed by atoms with E-state index in [1.165, 1.54) is 0 Å². The molecule has 3 N–H and O–H groups in total. The molecule has 0 saturated carbocycles.